The second kappa shape index (κ2) is 8.21. The Balaban J connectivity index is 1.75. The molecule has 0 N–H and O–H groups in total. The molecule has 0 atom stereocenters. The molecule has 146 valence electrons. The third kappa shape index (κ3) is 4.21. The van der Waals surface area contributed by atoms with Crippen molar-refractivity contribution in [2.75, 3.05) is 32.7 Å². The quantitative estimate of drug-likeness (QED) is 0.810. The lowest BCUT2D eigenvalue weighted by Crippen LogP contribution is -2.49. The van der Waals surface area contributed by atoms with E-state index >= 15 is 0 Å². The number of hydrogen-bond acceptors (Lipinski definition) is 4. The van der Waals surface area contributed by atoms with Crippen LogP contribution in [0.15, 0.2) is 16.9 Å². The lowest BCUT2D eigenvalue weighted by Gasteiger charge is -2.34. The van der Waals surface area contributed by atoms with Crippen LogP contribution in [0.1, 0.15) is 36.6 Å². The number of benzene rings is 1. The van der Waals surface area contributed by atoms with Crippen LogP contribution in [0.4, 0.5) is 0 Å². The molecular weight excluding hydrogens is 340 g/mol. The van der Waals surface area contributed by atoms with Crippen molar-refractivity contribution in [3.05, 3.63) is 39.3 Å². The summed E-state index contributed by atoms with van der Waals surface area (Å²) in [5, 5.41) is 0. The molecule has 1 aliphatic heterocycles. The van der Waals surface area contributed by atoms with E-state index < -0.39 is 0 Å². The van der Waals surface area contributed by atoms with E-state index in [0.29, 0.717) is 18.7 Å². The topological polar surface area (TPSA) is 58.4 Å². The van der Waals surface area contributed by atoms with E-state index in [9.17, 15) is 9.59 Å². The molecule has 1 aromatic carbocycles. The summed E-state index contributed by atoms with van der Waals surface area (Å²) in [4.78, 5) is 34.1. The number of carbonyl (C=O) groups excluding carboxylic acids is 1. The standard InChI is InChI=1S/C21H30N4O2/c1-5-7-23-9-11-24(12-10-23)20(26)6-8-25-19-14-16(3)15(2)13-18(19)22-17(4)21(25)27/h13-14H,5-12H2,1-4H3. The monoisotopic (exact) mass is 370 g/mol. The molecule has 0 radical (unpaired) electrons. The molecule has 2 aromatic rings. The molecule has 6 nitrogen and oxygen atoms in total. The first kappa shape index (κ1) is 19.5. The molecule has 2 heterocycles. The van der Waals surface area contributed by atoms with Gasteiger partial charge in [0.05, 0.1) is 11.0 Å². The summed E-state index contributed by atoms with van der Waals surface area (Å²) in [5.41, 5.74) is 4.28. The lowest BCUT2D eigenvalue weighted by atomic mass is 10.1. The van der Waals surface area contributed by atoms with Crippen molar-refractivity contribution in [2.24, 2.45) is 0 Å². The van der Waals surface area contributed by atoms with Gasteiger partial charge in [0.15, 0.2) is 0 Å². The van der Waals surface area contributed by atoms with Crippen LogP contribution >= 0.6 is 0 Å². The molecule has 1 saturated heterocycles. The highest BCUT2D eigenvalue weighted by atomic mass is 16.2. The minimum Gasteiger partial charge on any atom is -0.340 e. The Bertz CT molecular complexity index is 895. The summed E-state index contributed by atoms with van der Waals surface area (Å²) in [5.74, 6) is 0.129. The predicted molar refractivity (Wildman–Crippen MR) is 108 cm³/mol. The van der Waals surface area contributed by atoms with Gasteiger partial charge in [-0.3, -0.25) is 14.5 Å². The molecule has 1 amide bonds. The molecule has 0 aliphatic carbocycles. The number of carbonyl (C=O) groups is 1. The molecule has 1 aliphatic rings. The third-order valence-corrected chi connectivity index (χ3v) is 5.54. The molecule has 27 heavy (non-hydrogen) atoms. The largest absolute Gasteiger partial charge is 0.340 e. The molecule has 1 fully saturated rings. The van der Waals surface area contributed by atoms with E-state index in [4.69, 9.17) is 0 Å². The molecular formula is C21H30N4O2. The maximum atomic E-state index is 12.7. The van der Waals surface area contributed by atoms with Gasteiger partial charge in [0.2, 0.25) is 5.91 Å². The van der Waals surface area contributed by atoms with Crippen LogP contribution < -0.4 is 5.56 Å². The molecule has 0 saturated carbocycles. The van der Waals surface area contributed by atoms with Gasteiger partial charge in [-0.1, -0.05) is 6.92 Å². The number of aromatic nitrogens is 2. The van der Waals surface area contributed by atoms with E-state index in [-0.39, 0.29) is 11.5 Å². The van der Waals surface area contributed by atoms with E-state index in [1.807, 2.05) is 30.9 Å². The summed E-state index contributed by atoms with van der Waals surface area (Å²) in [6, 6.07) is 4.02. The molecule has 1 aromatic heterocycles. The van der Waals surface area contributed by atoms with Gasteiger partial charge in [0, 0.05) is 39.1 Å². The minimum absolute atomic E-state index is 0.105. The Kier molecular flexibility index (Phi) is 5.95. The normalized spacial score (nSPS) is 15.5. The molecule has 0 unspecified atom stereocenters. The fourth-order valence-corrected chi connectivity index (χ4v) is 3.75. The first-order chi connectivity index (χ1) is 12.9. The van der Waals surface area contributed by atoms with E-state index in [2.05, 4.69) is 16.8 Å². The van der Waals surface area contributed by atoms with Gasteiger partial charge in [-0.25, -0.2) is 4.98 Å². The number of nitrogens with zero attached hydrogens (tertiary/aromatic N) is 4. The maximum Gasteiger partial charge on any atom is 0.272 e. The summed E-state index contributed by atoms with van der Waals surface area (Å²) < 4.78 is 1.72. The van der Waals surface area contributed by atoms with Crippen LogP contribution in [0.3, 0.4) is 0 Å². The zero-order valence-corrected chi connectivity index (χ0v) is 16.9. The molecule has 3 rings (SSSR count). The van der Waals surface area contributed by atoms with Gasteiger partial charge in [0.1, 0.15) is 5.69 Å². The molecule has 6 heteroatoms. The second-order valence-electron chi connectivity index (χ2n) is 7.55. The lowest BCUT2D eigenvalue weighted by molar-refractivity contribution is -0.133. The number of fused-ring (bicyclic) bond motifs is 1. The van der Waals surface area contributed by atoms with Crippen molar-refractivity contribution in [1.29, 1.82) is 0 Å². The Labute approximate surface area is 160 Å². The Hall–Kier alpha value is -2.21. The second-order valence-corrected chi connectivity index (χ2v) is 7.55. The number of hydrogen-bond donors (Lipinski definition) is 0. The highest BCUT2D eigenvalue weighted by Crippen LogP contribution is 2.17. The number of aryl methyl sites for hydroxylation is 4. The van der Waals surface area contributed by atoms with Crippen LogP contribution in [0, 0.1) is 20.8 Å². The van der Waals surface area contributed by atoms with Crippen molar-refractivity contribution in [3.8, 4) is 0 Å². The fourth-order valence-electron chi connectivity index (χ4n) is 3.75. The maximum absolute atomic E-state index is 12.7. The molecule has 0 spiro atoms. The summed E-state index contributed by atoms with van der Waals surface area (Å²) in [6.07, 6.45) is 1.49. The van der Waals surface area contributed by atoms with E-state index in [1.54, 1.807) is 11.5 Å². The van der Waals surface area contributed by atoms with Crippen LogP contribution in [0.25, 0.3) is 11.0 Å². The molecule has 0 bridgehead atoms. The van der Waals surface area contributed by atoms with Crippen molar-refractivity contribution < 1.29 is 4.79 Å². The highest BCUT2D eigenvalue weighted by Gasteiger charge is 2.21. The van der Waals surface area contributed by atoms with Crippen LogP contribution in [-0.4, -0.2) is 58.0 Å². The van der Waals surface area contributed by atoms with Crippen molar-refractivity contribution in [3.63, 3.8) is 0 Å². The fraction of sp³-hybridized carbons (Fsp3) is 0.571. The SMILES string of the molecule is CCCN1CCN(C(=O)CCn2c(=O)c(C)nc3cc(C)c(C)cc32)CC1. The summed E-state index contributed by atoms with van der Waals surface area (Å²) in [7, 11) is 0. The van der Waals surface area contributed by atoms with E-state index in [1.165, 1.54) is 0 Å². The zero-order valence-electron chi connectivity index (χ0n) is 16.9. The van der Waals surface area contributed by atoms with Crippen LogP contribution in [0.5, 0.6) is 0 Å². The average molecular weight is 370 g/mol. The summed E-state index contributed by atoms with van der Waals surface area (Å²) >= 11 is 0. The smallest absolute Gasteiger partial charge is 0.272 e. The van der Waals surface area contributed by atoms with Gasteiger partial charge in [-0.2, -0.15) is 0 Å². The Morgan fingerprint density at radius 1 is 1.04 bits per heavy atom. The first-order valence-corrected chi connectivity index (χ1v) is 9.89. The zero-order chi connectivity index (χ0) is 19.6. The van der Waals surface area contributed by atoms with Gasteiger partial charge < -0.3 is 9.47 Å². The Morgan fingerprint density at radius 3 is 2.37 bits per heavy atom. The van der Waals surface area contributed by atoms with Gasteiger partial charge in [-0.05, 0) is 57.0 Å². The van der Waals surface area contributed by atoms with Crippen LogP contribution in [0.2, 0.25) is 0 Å². The average Bonchev–Trinajstić information content (AvgIpc) is 2.65. The van der Waals surface area contributed by atoms with Crippen molar-refractivity contribution in [1.82, 2.24) is 19.4 Å². The van der Waals surface area contributed by atoms with Crippen LogP contribution in [-0.2, 0) is 11.3 Å². The van der Waals surface area contributed by atoms with Gasteiger partial charge >= 0.3 is 0 Å². The number of amides is 1. The van der Waals surface area contributed by atoms with Gasteiger partial charge in [0.25, 0.3) is 5.56 Å². The minimum atomic E-state index is -0.105. The number of piperazine rings is 1. The van der Waals surface area contributed by atoms with Gasteiger partial charge in [-0.15, -0.1) is 0 Å². The van der Waals surface area contributed by atoms with Crippen molar-refractivity contribution in [2.45, 2.75) is 47.1 Å². The van der Waals surface area contributed by atoms with E-state index in [0.717, 1.165) is 61.3 Å². The van der Waals surface area contributed by atoms with Crippen molar-refractivity contribution >= 4 is 16.9 Å². The summed E-state index contributed by atoms with van der Waals surface area (Å²) in [6.45, 7) is 12.9. The first-order valence-electron chi connectivity index (χ1n) is 9.89. The predicted octanol–water partition coefficient (Wildman–Crippen LogP) is 2.27. The highest BCUT2D eigenvalue weighted by molar-refractivity contribution is 5.78. The Morgan fingerprint density at radius 2 is 1.70 bits per heavy atom. The number of rotatable bonds is 5. The third-order valence-electron chi connectivity index (χ3n) is 5.54.